The molecule has 1 saturated carbocycles. The minimum Gasteiger partial charge on any atom is -0.479 e. The summed E-state index contributed by atoms with van der Waals surface area (Å²) in [7, 11) is 0. The molecule has 2 unspecified atom stereocenters. The first kappa shape index (κ1) is 16.0. The lowest BCUT2D eigenvalue weighted by atomic mass is 9.53. The highest BCUT2D eigenvalue weighted by Gasteiger charge is 2.47. The summed E-state index contributed by atoms with van der Waals surface area (Å²) in [6, 6.07) is 0. The van der Waals surface area contributed by atoms with Crippen LogP contribution in [0.5, 0.6) is 5.06 Å². The van der Waals surface area contributed by atoms with E-state index in [0.29, 0.717) is 11.5 Å². The maximum absolute atomic E-state index is 6.15. The first-order chi connectivity index (χ1) is 10.5. The van der Waals surface area contributed by atoms with Crippen molar-refractivity contribution in [1.29, 1.82) is 0 Å². The van der Waals surface area contributed by atoms with Gasteiger partial charge in [0.15, 0.2) is 5.06 Å². The number of hydrogen-bond acceptors (Lipinski definition) is 3. The number of thiazole rings is 1. The van der Waals surface area contributed by atoms with Gasteiger partial charge in [-0.25, -0.2) is 4.98 Å². The van der Waals surface area contributed by atoms with E-state index in [1.807, 2.05) is 11.7 Å². The van der Waals surface area contributed by atoms with E-state index in [1.165, 1.54) is 25.7 Å². The van der Waals surface area contributed by atoms with Crippen molar-refractivity contribution < 1.29 is 4.74 Å². The largest absolute Gasteiger partial charge is 0.479 e. The Morgan fingerprint density at radius 2 is 2.27 bits per heavy atom. The second kappa shape index (κ2) is 6.35. The topological polar surface area (TPSA) is 22.1 Å². The highest BCUT2D eigenvalue weighted by molar-refractivity contribution is 7.11. The van der Waals surface area contributed by atoms with Crippen LogP contribution < -0.4 is 4.74 Å². The molecule has 0 aliphatic heterocycles. The molecule has 0 N–H and O–H groups in total. The van der Waals surface area contributed by atoms with E-state index < -0.39 is 0 Å². The summed E-state index contributed by atoms with van der Waals surface area (Å²) in [5.74, 6) is 2.44. The van der Waals surface area contributed by atoms with Crippen LogP contribution in [0, 0.1) is 23.2 Å². The number of allylic oxidation sites excluding steroid dienone is 1. The van der Waals surface area contributed by atoms with Gasteiger partial charge in [0.2, 0.25) is 0 Å². The molecule has 2 nitrogen and oxygen atoms in total. The van der Waals surface area contributed by atoms with Crippen molar-refractivity contribution >= 4 is 11.3 Å². The molecule has 1 aromatic rings. The first-order valence-corrected chi connectivity index (χ1v) is 9.67. The number of ether oxygens (including phenoxy) is 1. The van der Waals surface area contributed by atoms with Crippen LogP contribution in [0.3, 0.4) is 0 Å². The van der Waals surface area contributed by atoms with Crippen molar-refractivity contribution in [2.24, 2.45) is 23.2 Å². The van der Waals surface area contributed by atoms with E-state index in [1.54, 1.807) is 16.9 Å². The SMILES string of the molecule is CCC1CC=C2C[C@@H](Oc3cncs3)CC[C@]2(C)C1C(C)C. The zero-order valence-corrected chi connectivity index (χ0v) is 15.2. The van der Waals surface area contributed by atoms with Gasteiger partial charge in [0.1, 0.15) is 6.10 Å². The fraction of sp³-hybridized carbons (Fsp3) is 0.737. The lowest BCUT2D eigenvalue weighted by molar-refractivity contribution is 0.0352. The average molecular weight is 320 g/mol. The molecule has 2 aliphatic rings. The molecule has 0 radical (unpaired) electrons. The molecule has 2 aliphatic carbocycles. The normalized spacial score (nSPS) is 35.1. The lowest BCUT2D eigenvalue weighted by Crippen LogP contribution is -2.45. The van der Waals surface area contributed by atoms with Crippen LogP contribution in [-0.4, -0.2) is 11.1 Å². The van der Waals surface area contributed by atoms with Crippen molar-refractivity contribution in [3.63, 3.8) is 0 Å². The molecule has 22 heavy (non-hydrogen) atoms. The quantitative estimate of drug-likeness (QED) is 0.663. The molecule has 1 heterocycles. The van der Waals surface area contributed by atoms with Crippen LogP contribution >= 0.6 is 11.3 Å². The Bertz CT molecular complexity index is 522. The number of aromatic nitrogens is 1. The van der Waals surface area contributed by atoms with Crippen molar-refractivity contribution in [2.75, 3.05) is 0 Å². The fourth-order valence-electron chi connectivity index (χ4n) is 5.09. The van der Waals surface area contributed by atoms with E-state index in [-0.39, 0.29) is 0 Å². The van der Waals surface area contributed by atoms with Gasteiger partial charge in [-0.3, -0.25) is 0 Å². The van der Waals surface area contributed by atoms with Crippen molar-refractivity contribution in [3.8, 4) is 5.06 Å². The zero-order chi connectivity index (χ0) is 15.7. The average Bonchev–Trinajstić information content (AvgIpc) is 2.99. The van der Waals surface area contributed by atoms with Crippen LogP contribution in [0.15, 0.2) is 23.4 Å². The van der Waals surface area contributed by atoms with E-state index in [9.17, 15) is 0 Å². The maximum atomic E-state index is 6.15. The summed E-state index contributed by atoms with van der Waals surface area (Å²) in [5.41, 5.74) is 3.90. The molecule has 4 atom stereocenters. The Hall–Kier alpha value is -0.830. The number of hydrogen-bond donors (Lipinski definition) is 0. The Labute approximate surface area is 139 Å². The first-order valence-electron chi connectivity index (χ1n) is 8.79. The van der Waals surface area contributed by atoms with Crippen molar-refractivity contribution in [1.82, 2.24) is 4.98 Å². The summed E-state index contributed by atoms with van der Waals surface area (Å²) < 4.78 is 6.15. The molecule has 0 aromatic carbocycles. The van der Waals surface area contributed by atoms with E-state index >= 15 is 0 Å². The molecule has 122 valence electrons. The smallest absolute Gasteiger partial charge is 0.194 e. The zero-order valence-electron chi connectivity index (χ0n) is 14.3. The molecule has 0 spiro atoms. The maximum Gasteiger partial charge on any atom is 0.194 e. The molecule has 0 amide bonds. The van der Waals surface area contributed by atoms with Crippen LogP contribution in [0.25, 0.3) is 0 Å². The summed E-state index contributed by atoms with van der Waals surface area (Å²) in [5, 5.41) is 0.969. The number of nitrogens with zero attached hydrogens (tertiary/aromatic N) is 1. The van der Waals surface area contributed by atoms with Gasteiger partial charge in [-0.2, -0.15) is 0 Å². The van der Waals surface area contributed by atoms with E-state index in [2.05, 4.69) is 38.8 Å². The summed E-state index contributed by atoms with van der Waals surface area (Å²) in [6.07, 6.45) is 10.8. The van der Waals surface area contributed by atoms with Gasteiger partial charge in [0.05, 0.1) is 11.7 Å². The second-order valence-corrected chi connectivity index (χ2v) is 8.47. The van der Waals surface area contributed by atoms with E-state index in [0.717, 1.165) is 29.2 Å². The summed E-state index contributed by atoms with van der Waals surface area (Å²) >= 11 is 1.60. The van der Waals surface area contributed by atoms with Crippen LogP contribution in [0.2, 0.25) is 0 Å². The summed E-state index contributed by atoms with van der Waals surface area (Å²) in [4.78, 5) is 4.12. The third-order valence-electron chi connectivity index (χ3n) is 6.01. The Kier molecular flexibility index (Phi) is 4.63. The number of rotatable bonds is 4. The Morgan fingerprint density at radius 1 is 1.45 bits per heavy atom. The predicted octanol–water partition coefficient (Wildman–Crippen LogP) is 5.71. The molecule has 1 fully saturated rings. The van der Waals surface area contributed by atoms with Gasteiger partial charge in [0, 0.05) is 6.42 Å². The van der Waals surface area contributed by atoms with Crippen molar-refractivity contribution in [2.45, 2.75) is 65.9 Å². The van der Waals surface area contributed by atoms with Gasteiger partial charge < -0.3 is 4.74 Å². The second-order valence-electron chi connectivity index (χ2n) is 7.62. The molecule has 0 bridgehead atoms. The molecule has 3 rings (SSSR count). The molecule has 1 aromatic heterocycles. The van der Waals surface area contributed by atoms with Gasteiger partial charge in [-0.15, -0.1) is 0 Å². The third-order valence-corrected chi connectivity index (χ3v) is 6.67. The minimum atomic E-state index is 0.339. The highest BCUT2D eigenvalue weighted by atomic mass is 32.1. The van der Waals surface area contributed by atoms with Gasteiger partial charge in [-0.05, 0) is 42.4 Å². The third kappa shape index (κ3) is 2.84. The van der Waals surface area contributed by atoms with Crippen molar-refractivity contribution in [3.05, 3.63) is 23.4 Å². The molecular weight excluding hydrogens is 290 g/mol. The van der Waals surface area contributed by atoms with E-state index in [4.69, 9.17) is 4.74 Å². The monoisotopic (exact) mass is 319 g/mol. The molecule has 0 saturated heterocycles. The molecule has 3 heteroatoms. The van der Waals surface area contributed by atoms with Gasteiger partial charge >= 0.3 is 0 Å². The van der Waals surface area contributed by atoms with Crippen LogP contribution in [0.1, 0.15) is 59.8 Å². The summed E-state index contributed by atoms with van der Waals surface area (Å²) in [6.45, 7) is 9.72. The Balaban J connectivity index is 1.78. The van der Waals surface area contributed by atoms with Crippen LogP contribution in [-0.2, 0) is 0 Å². The molecular formula is C19H29NOS. The predicted molar refractivity (Wildman–Crippen MR) is 93.3 cm³/mol. The number of fused-ring (bicyclic) bond motifs is 1. The Morgan fingerprint density at radius 3 is 2.91 bits per heavy atom. The standard InChI is InChI=1S/C19H29NOS/c1-5-14-6-7-15-10-16(21-17-11-20-12-22-17)8-9-19(15,4)18(14)13(2)3/h7,11-14,16,18H,5-6,8-10H2,1-4H3/t14?,16-,18?,19-/m0/s1. The van der Waals surface area contributed by atoms with Gasteiger partial charge in [0.25, 0.3) is 0 Å². The fourth-order valence-corrected chi connectivity index (χ4v) is 5.63. The minimum absolute atomic E-state index is 0.339. The lowest BCUT2D eigenvalue weighted by Gasteiger charge is -2.52. The highest BCUT2D eigenvalue weighted by Crippen LogP contribution is 2.56. The van der Waals surface area contributed by atoms with Crippen LogP contribution in [0.4, 0.5) is 0 Å². The van der Waals surface area contributed by atoms with Gasteiger partial charge in [-0.1, -0.05) is 57.1 Å².